The van der Waals surface area contributed by atoms with E-state index in [1.54, 1.807) is 0 Å². The Kier molecular flexibility index (Phi) is 8.34. The second kappa shape index (κ2) is 10.6. The number of rotatable bonds is 9. The molecule has 0 heterocycles. The summed E-state index contributed by atoms with van der Waals surface area (Å²) in [5.41, 5.74) is -1.32. The normalized spacial score (nSPS) is 13.6. The van der Waals surface area contributed by atoms with Crippen LogP contribution >= 0.6 is 0 Å². The summed E-state index contributed by atoms with van der Waals surface area (Å²) in [5.74, 6) is -1.88. The first kappa shape index (κ1) is 26.7. The van der Waals surface area contributed by atoms with Crippen molar-refractivity contribution in [1.29, 1.82) is 0 Å². The van der Waals surface area contributed by atoms with Gasteiger partial charge in [0.25, 0.3) is 5.69 Å². The Labute approximate surface area is 192 Å². The van der Waals surface area contributed by atoms with Gasteiger partial charge in [-0.15, -0.1) is 0 Å². The molecule has 1 amide bonds. The Morgan fingerprint density at radius 1 is 1.12 bits per heavy atom. The van der Waals surface area contributed by atoms with Crippen LogP contribution in [0.5, 0.6) is 0 Å². The lowest BCUT2D eigenvalue weighted by Gasteiger charge is -2.20. The number of hydrogen-bond acceptors (Lipinski definition) is 7. The van der Waals surface area contributed by atoms with Crippen molar-refractivity contribution >= 4 is 27.6 Å². The maximum Gasteiger partial charge on any atom is 0.416 e. The van der Waals surface area contributed by atoms with Gasteiger partial charge in [0.1, 0.15) is 6.04 Å². The zero-order valence-electron chi connectivity index (χ0n) is 17.8. The Balaban J connectivity index is 2.16. The van der Waals surface area contributed by atoms with Crippen LogP contribution in [-0.2, 0) is 36.9 Å². The summed E-state index contributed by atoms with van der Waals surface area (Å²) in [6, 6.07) is 5.60. The number of nitrogens with zero attached hydrogens (tertiary/aromatic N) is 1. The molecule has 14 heteroatoms. The molecule has 10 nitrogen and oxygen atoms in total. The summed E-state index contributed by atoms with van der Waals surface area (Å²) in [6.07, 6.45) is -4.78. The lowest BCUT2D eigenvalue weighted by atomic mass is 10.0. The van der Waals surface area contributed by atoms with Crippen molar-refractivity contribution in [2.45, 2.75) is 36.5 Å². The number of carbonyl (C=O) groups is 2. The predicted molar refractivity (Wildman–Crippen MR) is 112 cm³/mol. The van der Waals surface area contributed by atoms with E-state index >= 15 is 0 Å². The van der Waals surface area contributed by atoms with E-state index in [4.69, 9.17) is 0 Å². The second-order valence-corrected chi connectivity index (χ2v) is 8.73. The second-order valence-electron chi connectivity index (χ2n) is 7.05. The first-order valence-corrected chi connectivity index (χ1v) is 11.0. The zero-order chi connectivity index (χ0) is 25.7. The van der Waals surface area contributed by atoms with Crippen LogP contribution in [0, 0.1) is 10.1 Å². The summed E-state index contributed by atoms with van der Waals surface area (Å²) >= 11 is 0. The number of sulfonamides is 1. The van der Waals surface area contributed by atoms with Crippen molar-refractivity contribution in [2.24, 2.45) is 0 Å². The maximum atomic E-state index is 12.7. The van der Waals surface area contributed by atoms with Crippen LogP contribution < -0.4 is 10.0 Å². The van der Waals surface area contributed by atoms with Gasteiger partial charge >= 0.3 is 12.1 Å². The number of halogens is 3. The standard InChI is InChI=1S/C20H20F3N3O7S/c1-12(25-34(31,32)17-6-4-3-5-16(17)26(29)30)18(27)24-15(19(28)33-2)11-13-7-9-14(10-8-13)20(21,22)23/h3-10,12,15,25H,11H2,1-2H3,(H,24,27)/t12-,15-/m0/s1. The van der Waals surface area contributed by atoms with Crippen LogP contribution in [0.2, 0.25) is 0 Å². The van der Waals surface area contributed by atoms with Crippen LogP contribution in [-0.4, -0.2) is 44.4 Å². The van der Waals surface area contributed by atoms with Gasteiger partial charge in [-0.05, 0) is 30.7 Å². The average molecular weight is 503 g/mol. The molecule has 0 saturated heterocycles. The van der Waals surface area contributed by atoms with Crippen LogP contribution in [0.15, 0.2) is 53.4 Å². The van der Waals surface area contributed by atoms with Gasteiger partial charge in [0.15, 0.2) is 4.90 Å². The third-order valence-corrected chi connectivity index (χ3v) is 6.19. The van der Waals surface area contributed by atoms with Gasteiger partial charge in [-0.25, -0.2) is 13.2 Å². The SMILES string of the molecule is COC(=O)[C@H](Cc1ccc(C(F)(F)F)cc1)NC(=O)[C@H](C)NS(=O)(=O)c1ccccc1[N+](=O)[O-]. The lowest BCUT2D eigenvalue weighted by Crippen LogP contribution is -2.51. The number of esters is 1. The molecule has 0 saturated carbocycles. The number of carbonyl (C=O) groups excluding carboxylic acids is 2. The minimum atomic E-state index is -4.55. The molecule has 184 valence electrons. The summed E-state index contributed by atoms with van der Waals surface area (Å²) in [5, 5.41) is 13.4. The maximum absolute atomic E-state index is 12.7. The number of hydrogen-bond donors (Lipinski definition) is 2. The fourth-order valence-electron chi connectivity index (χ4n) is 2.88. The van der Waals surface area contributed by atoms with Crippen LogP contribution in [0.3, 0.4) is 0 Å². The summed E-state index contributed by atoms with van der Waals surface area (Å²) in [6.45, 7) is 1.15. The number of ether oxygens (including phenoxy) is 1. The fraction of sp³-hybridized carbons (Fsp3) is 0.300. The quantitative estimate of drug-likeness (QED) is 0.303. The van der Waals surface area contributed by atoms with Gasteiger partial charge in [-0.3, -0.25) is 14.9 Å². The number of para-hydroxylation sites is 1. The molecule has 2 aromatic rings. The first-order valence-electron chi connectivity index (χ1n) is 9.56. The van der Waals surface area contributed by atoms with Crippen LogP contribution in [0.4, 0.5) is 18.9 Å². The average Bonchev–Trinajstić information content (AvgIpc) is 2.77. The van der Waals surface area contributed by atoms with Crippen molar-refractivity contribution in [3.8, 4) is 0 Å². The van der Waals surface area contributed by atoms with Gasteiger partial charge in [-0.1, -0.05) is 24.3 Å². The minimum Gasteiger partial charge on any atom is -0.467 e. The van der Waals surface area contributed by atoms with E-state index in [1.165, 1.54) is 12.1 Å². The molecule has 0 aliphatic carbocycles. The van der Waals surface area contributed by atoms with Gasteiger partial charge < -0.3 is 10.1 Å². The summed E-state index contributed by atoms with van der Waals surface area (Å²) in [7, 11) is -3.46. The third-order valence-electron chi connectivity index (χ3n) is 4.60. The largest absolute Gasteiger partial charge is 0.467 e. The van der Waals surface area contributed by atoms with E-state index in [2.05, 4.69) is 10.1 Å². The highest BCUT2D eigenvalue weighted by Gasteiger charge is 2.32. The van der Waals surface area contributed by atoms with E-state index in [0.29, 0.717) is 0 Å². The fourth-order valence-corrected chi connectivity index (χ4v) is 4.26. The molecular formula is C20H20F3N3O7S. The molecule has 0 aromatic heterocycles. The predicted octanol–water partition coefficient (Wildman–Crippen LogP) is 2.18. The van der Waals surface area contributed by atoms with Crippen molar-refractivity contribution in [1.82, 2.24) is 10.0 Å². The third kappa shape index (κ3) is 6.74. The molecule has 2 rings (SSSR count). The van der Waals surface area contributed by atoms with Crippen LogP contribution in [0.25, 0.3) is 0 Å². The molecule has 0 radical (unpaired) electrons. The minimum absolute atomic E-state index is 0.236. The topological polar surface area (TPSA) is 145 Å². The molecule has 0 fully saturated rings. The van der Waals surface area contributed by atoms with Gasteiger partial charge in [-0.2, -0.15) is 17.9 Å². The highest BCUT2D eigenvalue weighted by atomic mass is 32.2. The van der Waals surface area contributed by atoms with Crippen molar-refractivity contribution < 1.29 is 40.8 Å². The lowest BCUT2D eigenvalue weighted by molar-refractivity contribution is -0.387. The smallest absolute Gasteiger partial charge is 0.416 e. The number of benzene rings is 2. The van der Waals surface area contributed by atoms with E-state index in [1.807, 2.05) is 4.72 Å². The van der Waals surface area contributed by atoms with E-state index in [0.717, 1.165) is 50.4 Å². The molecule has 0 aliphatic rings. The molecule has 2 atom stereocenters. The zero-order valence-corrected chi connectivity index (χ0v) is 18.6. The van der Waals surface area contributed by atoms with Crippen molar-refractivity contribution in [3.05, 3.63) is 69.8 Å². The highest BCUT2D eigenvalue weighted by molar-refractivity contribution is 7.89. The number of nitro benzene ring substituents is 1. The molecule has 0 unspecified atom stereocenters. The Hall–Kier alpha value is -3.52. The van der Waals surface area contributed by atoms with Crippen LogP contribution in [0.1, 0.15) is 18.1 Å². The number of nitrogens with one attached hydrogen (secondary N) is 2. The molecular weight excluding hydrogens is 483 g/mol. The van der Waals surface area contributed by atoms with Gasteiger partial charge in [0.05, 0.1) is 23.6 Å². The first-order chi connectivity index (χ1) is 15.8. The number of nitro groups is 1. The molecule has 0 spiro atoms. The molecule has 2 N–H and O–H groups in total. The van der Waals surface area contributed by atoms with E-state index in [-0.39, 0.29) is 12.0 Å². The number of methoxy groups -OCH3 is 1. The number of amides is 1. The summed E-state index contributed by atoms with van der Waals surface area (Å²) in [4.78, 5) is 34.2. The summed E-state index contributed by atoms with van der Waals surface area (Å²) < 4.78 is 69.9. The van der Waals surface area contributed by atoms with Gasteiger partial charge in [0.2, 0.25) is 15.9 Å². The van der Waals surface area contributed by atoms with Crippen molar-refractivity contribution in [2.75, 3.05) is 7.11 Å². The Morgan fingerprint density at radius 2 is 1.71 bits per heavy atom. The van der Waals surface area contributed by atoms with Gasteiger partial charge in [0, 0.05) is 12.5 Å². The highest BCUT2D eigenvalue weighted by Crippen LogP contribution is 2.29. The molecule has 34 heavy (non-hydrogen) atoms. The molecule has 0 bridgehead atoms. The molecule has 0 aliphatic heterocycles. The van der Waals surface area contributed by atoms with E-state index < -0.39 is 61.2 Å². The molecule has 2 aromatic carbocycles. The monoisotopic (exact) mass is 503 g/mol. The Morgan fingerprint density at radius 3 is 2.24 bits per heavy atom. The van der Waals surface area contributed by atoms with Crippen molar-refractivity contribution in [3.63, 3.8) is 0 Å². The van der Waals surface area contributed by atoms with E-state index in [9.17, 15) is 41.3 Å². The number of alkyl halides is 3. The Bertz CT molecular complexity index is 1170.